The molecule has 12 unspecified atom stereocenters. The summed E-state index contributed by atoms with van der Waals surface area (Å²) >= 11 is 0. The number of fused-ring (bicyclic) bond motifs is 2. The molecule has 0 bridgehead atoms. The highest BCUT2D eigenvalue weighted by atomic mass is 16.5. The van der Waals surface area contributed by atoms with E-state index in [1.807, 2.05) is 24.3 Å². The van der Waals surface area contributed by atoms with Crippen molar-refractivity contribution in [3.05, 3.63) is 70.8 Å². The van der Waals surface area contributed by atoms with Crippen LogP contribution in [0.25, 0.3) is 0 Å². The molecule has 12 atom stereocenters. The van der Waals surface area contributed by atoms with Gasteiger partial charge in [-0.2, -0.15) is 0 Å². The van der Waals surface area contributed by atoms with Crippen molar-refractivity contribution >= 4 is 35.4 Å². The molecule has 8 N–H and O–H groups in total. The van der Waals surface area contributed by atoms with Crippen molar-refractivity contribution in [3.8, 4) is 23.7 Å². The Bertz CT molecular complexity index is 2320. The zero-order valence-electron chi connectivity index (χ0n) is 43.7. The summed E-state index contributed by atoms with van der Waals surface area (Å²) in [5, 5.41) is 12.0. The molecule has 8 rings (SSSR count). The second kappa shape index (κ2) is 25.2. The van der Waals surface area contributed by atoms with Crippen molar-refractivity contribution in [2.24, 2.45) is 35.1 Å². The number of benzene rings is 2. The third kappa shape index (κ3) is 12.0. The standard InChI is InChI=1S/C58H78N8O8/c1-35(61-3)55(69)63-49(37-19-9-7-10-20-37)57(71)65-29-27-43(51(65)53(59)67)47-41-25-15-13-23-39(41)33-45(47)73-31-17-5-6-18-32-74-46-34-40-24-14-16-26-42(40)48(46)44-28-30-66(52(44)54(60)68)58(72)50(38-21-11-8-12-22-38)64-56(70)36(2)62-4/h13-16,23-26,35-38,43-52,61-62H,7-12,19-22,27-34H2,1-4H3,(H2,59,67)(H2,60,68)(H,63,69)(H,64,70). The van der Waals surface area contributed by atoms with Gasteiger partial charge in [-0.3, -0.25) is 28.8 Å². The van der Waals surface area contributed by atoms with Gasteiger partial charge in [-0.05, 0) is 137 Å². The summed E-state index contributed by atoms with van der Waals surface area (Å²) in [4.78, 5) is 85.8. The summed E-state index contributed by atoms with van der Waals surface area (Å²) in [5.74, 6) is 8.72. The van der Waals surface area contributed by atoms with Crippen LogP contribution in [0.4, 0.5) is 0 Å². The van der Waals surface area contributed by atoms with E-state index in [2.05, 4.69) is 69.2 Å². The summed E-state index contributed by atoms with van der Waals surface area (Å²) in [5.41, 5.74) is 16.8. The molecule has 2 saturated heterocycles. The second-order valence-corrected chi connectivity index (χ2v) is 21.6. The van der Waals surface area contributed by atoms with E-state index >= 15 is 0 Å². The van der Waals surface area contributed by atoms with E-state index in [0.29, 0.717) is 38.8 Å². The van der Waals surface area contributed by atoms with Gasteiger partial charge in [-0.25, -0.2) is 0 Å². The van der Waals surface area contributed by atoms with E-state index < -0.39 is 48.1 Å². The summed E-state index contributed by atoms with van der Waals surface area (Å²) in [7, 11) is 3.42. The number of carbonyl (C=O) groups is 6. The fraction of sp³-hybridized carbons (Fsp3) is 0.621. The number of rotatable bonds is 18. The first-order valence-electron chi connectivity index (χ1n) is 27.3. The normalized spacial score (nSPS) is 27.3. The van der Waals surface area contributed by atoms with E-state index in [9.17, 15) is 28.8 Å². The van der Waals surface area contributed by atoms with Gasteiger partial charge in [-0.1, -0.05) is 98.9 Å². The van der Waals surface area contributed by atoms with Gasteiger partial charge in [0, 0.05) is 24.9 Å². The van der Waals surface area contributed by atoms with Gasteiger partial charge in [0.1, 0.15) is 37.4 Å². The molecule has 0 radical (unpaired) electrons. The second-order valence-electron chi connectivity index (χ2n) is 21.6. The summed E-state index contributed by atoms with van der Waals surface area (Å²) in [6, 6.07) is 12.0. The van der Waals surface area contributed by atoms with Crippen LogP contribution in [0.5, 0.6) is 0 Å². The van der Waals surface area contributed by atoms with E-state index in [1.54, 1.807) is 37.7 Å². The Balaban J connectivity index is 0.919. The molecule has 16 heteroatoms. The lowest BCUT2D eigenvalue weighted by Crippen LogP contribution is -2.58. The topological polar surface area (TPSA) is 228 Å². The van der Waals surface area contributed by atoms with Crippen molar-refractivity contribution < 1.29 is 38.2 Å². The molecule has 2 aromatic rings. The van der Waals surface area contributed by atoms with Crippen LogP contribution in [0, 0.1) is 47.4 Å². The minimum atomic E-state index is -0.874. The molecule has 4 aliphatic carbocycles. The monoisotopic (exact) mass is 1010 g/mol. The van der Waals surface area contributed by atoms with Crippen molar-refractivity contribution in [3.63, 3.8) is 0 Å². The van der Waals surface area contributed by atoms with E-state index in [4.69, 9.17) is 20.9 Å². The minimum Gasteiger partial charge on any atom is -0.368 e. The molecule has 398 valence electrons. The van der Waals surface area contributed by atoms with Gasteiger partial charge in [0.15, 0.2) is 0 Å². The van der Waals surface area contributed by atoms with Gasteiger partial charge < -0.3 is 52.0 Å². The molecule has 4 fully saturated rings. The quantitative estimate of drug-likeness (QED) is 0.120. The zero-order valence-corrected chi connectivity index (χ0v) is 43.7. The first kappa shape index (κ1) is 54.5. The molecule has 6 amide bonds. The highest BCUT2D eigenvalue weighted by Crippen LogP contribution is 2.48. The molecule has 0 spiro atoms. The van der Waals surface area contributed by atoms with Crippen LogP contribution in [-0.2, 0) is 51.1 Å². The number of hydrogen-bond donors (Lipinski definition) is 6. The number of amides is 6. The van der Waals surface area contributed by atoms with Crippen LogP contribution in [0.2, 0.25) is 0 Å². The smallest absolute Gasteiger partial charge is 0.246 e. The summed E-state index contributed by atoms with van der Waals surface area (Å²) in [6.07, 6.45) is 11.1. The number of carbonyl (C=O) groups excluding carboxylic acids is 6. The molecule has 6 aliphatic rings. The van der Waals surface area contributed by atoms with E-state index in [0.717, 1.165) is 86.5 Å². The lowest BCUT2D eigenvalue weighted by Gasteiger charge is -2.36. The molecule has 2 aromatic carbocycles. The first-order chi connectivity index (χ1) is 35.8. The zero-order chi connectivity index (χ0) is 52.5. The highest BCUT2D eigenvalue weighted by molar-refractivity contribution is 5.94. The fourth-order valence-corrected chi connectivity index (χ4v) is 13.5. The number of hydrogen-bond acceptors (Lipinski definition) is 10. The Morgan fingerprint density at radius 2 is 0.959 bits per heavy atom. The van der Waals surface area contributed by atoms with E-state index in [1.165, 1.54) is 0 Å². The molecule has 0 aromatic heterocycles. The average molecular weight is 1020 g/mol. The van der Waals surface area contributed by atoms with E-state index in [-0.39, 0.29) is 84.6 Å². The molecule has 74 heavy (non-hydrogen) atoms. The van der Waals surface area contributed by atoms with Gasteiger partial charge >= 0.3 is 0 Å². The van der Waals surface area contributed by atoms with Crippen LogP contribution < -0.4 is 32.7 Å². The predicted octanol–water partition coefficient (Wildman–Crippen LogP) is 3.19. The van der Waals surface area contributed by atoms with Crippen molar-refractivity contribution in [2.75, 3.05) is 40.4 Å². The Morgan fingerprint density at radius 1 is 0.581 bits per heavy atom. The molecule has 2 aliphatic heterocycles. The van der Waals surface area contributed by atoms with Crippen molar-refractivity contribution in [1.82, 2.24) is 31.1 Å². The molecular weight excluding hydrogens is 937 g/mol. The lowest BCUT2D eigenvalue weighted by molar-refractivity contribution is -0.143. The Labute approximate surface area is 437 Å². The Hall–Kier alpha value is -5.78. The summed E-state index contributed by atoms with van der Waals surface area (Å²) < 4.78 is 13.0. The SMILES string of the molecule is CNC(C)C(=O)NC(C(=O)N1CCC(C2c3ccccc3CC2OCC#CC#CCOC2Cc3ccccc3C2C2CCN(C(=O)C(NC(=O)C(C)NC)C3CCCCC3)C2C(N)=O)C1C(N)=O)C1CCCCC1. The number of likely N-dealkylation sites (N-methyl/N-ethyl adjacent to an activating group) is 2. The maximum absolute atomic E-state index is 14.6. The van der Waals surface area contributed by atoms with Crippen LogP contribution in [0.1, 0.15) is 125 Å². The average Bonchev–Trinajstić information content (AvgIpc) is 4.22. The number of nitrogens with zero attached hydrogens (tertiary/aromatic N) is 2. The maximum atomic E-state index is 14.6. The molecule has 2 saturated carbocycles. The highest BCUT2D eigenvalue weighted by Gasteiger charge is 2.53. The lowest BCUT2D eigenvalue weighted by atomic mass is 9.80. The van der Waals surface area contributed by atoms with Crippen LogP contribution in [0.15, 0.2) is 48.5 Å². The number of ether oxygens (including phenoxy) is 2. The largest absolute Gasteiger partial charge is 0.368 e. The first-order valence-corrected chi connectivity index (χ1v) is 27.3. The third-order valence-corrected chi connectivity index (χ3v) is 17.4. The maximum Gasteiger partial charge on any atom is 0.246 e. The third-order valence-electron chi connectivity index (χ3n) is 17.4. The van der Waals surface area contributed by atoms with Crippen LogP contribution in [0.3, 0.4) is 0 Å². The molecule has 2 heterocycles. The minimum absolute atomic E-state index is 0.0252. The predicted molar refractivity (Wildman–Crippen MR) is 280 cm³/mol. The molecule has 16 nitrogen and oxygen atoms in total. The number of primary amides is 2. The van der Waals surface area contributed by atoms with Crippen LogP contribution >= 0.6 is 0 Å². The Kier molecular flexibility index (Phi) is 18.5. The van der Waals surface area contributed by atoms with Crippen molar-refractivity contribution in [1.29, 1.82) is 0 Å². The summed E-state index contributed by atoms with van der Waals surface area (Å²) in [6.45, 7) is 4.39. The Morgan fingerprint density at radius 3 is 1.32 bits per heavy atom. The van der Waals surface area contributed by atoms with Gasteiger partial charge in [-0.15, -0.1) is 0 Å². The van der Waals surface area contributed by atoms with Gasteiger partial charge in [0.05, 0.1) is 24.3 Å². The number of likely N-dealkylation sites (tertiary alicyclic amines) is 2. The number of nitrogens with one attached hydrogen (secondary N) is 4. The number of nitrogens with two attached hydrogens (primary N) is 2. The van der Waals surface area contributed by atoms with Gasteiger partial charge in [0.2, 0.25) is 35.4 Å². The van der Waals surface area contributed by atoms with Gasteiger partial charge in [0.25, 0.3) is 0 Å². The molecular formula is C58H78N8O8. The van der Waals surface area contributed by atoms with Crippen LogP contribution in [-0.4, -0.2) is 134 Å². The van der Waals surface area contributed by atoms with Crippen molar-refractivity contribution in [2.45, 2.75) is 164 Å². The fourth-order valence-electron chi connectivity index (χ4n) is 13.5.